The summed E-state index contributed by atoms with van der Waals surface area (Å²) in [6.07, 6.45) is -0.572. The van der Waals surface area contributed by atoms with Crippen LogP contribution >= 0.6 is 11.3 Å². The van der Waals surface area contributed by atoms with Crippen LogP contribution in [0, 0.1) is 6.92 Å². The van der Waals surface area contributed by atoms with Gasteiger partial charge in [-0.25, -0.2) is 9.78 Å². The Hall–Kier alpha value is -2.41. The molecule has 0 aliphatic heterocycles. The van der Waals surface area contributed by atoms with Gasteiger partial charge in [0.2, 0.25) is 0 Å². The van der Waals surface area contributed by atoms with Gasteiger partial charge >= 0.3 is 6.09 Å². The SMILES string of the molecule is C/C(=N\O)c1sc(NC(=O)OCc2ccccc2)nc1C. The van der Waals surface area contributed by atoms with Crippen LogP contribution in [0.4, 0.5) is 9.93 Å². The highest BCUT2D eigenvalue weighted by atomic mass is 32.1. The number of anilines is 1. The summed E-state index contributed by atoms with van der Waals surface area (Å²) < 4.78 is 5.10. The molecule has 110 valence electrons. The standard InChI is InChI=1S/C14H15N3O3S/c1-9-12(10(2)17-19)21-13(15-9)16-14(18)20-8-11-6-4-3-5-7-11/h3-7,19H,8H2,1-2H3,(H,15,16,18)/b17-10+. The van der Waals surface area contributed by atoms with Gasteiger partial charge in [0, 0.05) is 0 Å². The number of amides is 1. The molecule has 0 unspecified atom stereocenters. The molecule has 6 nitrogen and oxygen atoms in total. The molecule has 2 rings (SSSR count). The van der Waals surface area contributed by atoms with Crippen LogP contribution in [-0.2, 0) is 11.3 Å². The Balaban J connectivity index is 1.94. The van der Waals surface area contributed by atoms with Crippen molar-refractivity contribution >= 4 is 28.3 Å². The second kappa shape index (κ2) is 6.85. The van der Waals surface area contributed by atoms with Crippen LogP contribution < -0.4 is 5.32 Å². The Morgan fingerprint density at radius 2 is 2.14 bits per heavy atom. The Morgan fingerprint density at radius 1 is 1.43 bits per heavy atom. The maximum Gasteiger partial charge on any atom is 0.413 e. The lowest BCUT2D eigenvalue weighted by atomic mass is 10.2. The number of nitrogens with zero attached hydrogens (tertiary/aromatic N) is 2. The van der Waals surface area contributed by atoms with E-state index in [2.05, 4.69) is 15.5 Å². The van der Waals surface area contributed by atoms with E-state index in [1.807, 2.05) is 30.3 Å². The molecule has 1 heterocycles. The van der Waals surface area contributed by atoms with Gasteiger partial charge < -0.3 is 9.94 Å². The Morgan fingerprint density at radius 3 is 2.81 bits per heavy atom. The average molecular weight is 305 g/mol. The molecule has 2 N–H and O–H groups in total. The zero-order valence-corrected chi connectivity index (χ0v) is 12.5. The van der Waals surface area contributed by atoms with E-state index in [1.54, 1.807) is 13.8 Å². The summed E-state index contributed by atoms with van der Waals surface area (Å²) in [5.74, 6) is 0. The molecule has 0 fully saturated rings. The molecule has 1 aromatic heterocycles. The normalized spacial score (nSPS) is 11.2. The van der Waals surface area contributed by atoms with Gasteiger partial charge in [-0.15, -0.1) is 0 Å². The first-order chi connectivity index (χ1) is 10.1. The second-order valence-corrected chi connectivity index (χ2v) is 5.30. The quantitative estimate of drug-likeness (QED) is 0.515. The molecule has 1 amide bonds. The molecule has 0 aliphatic carbocycles. The Kier molecular flexibility index (Phi) is 4.89. The van der Waals surface area contributed by atoms with Crippen LogP contribution in [0.2, 0.25) is 0 Å². The number of thiazole rings is 1. The van der Waals surface area contributed by atoms with E-state index >= 15 is 0 Å². The van der Waals surface area contributed by atoms with Crippen molar-refractivity contribution in [1.29, 1.82) is 0 Å². The molecule has 1 aromatic carbocycles. The molecule has 0 saturated carbocycles. The minimum absolute atomic E-state index is 0.195. The first-order valence-electron chi connectivity index (χ1n) is 6.24. The van der Waals surface area contributed by atoms with Gasteiger partial charge in [0.05, 0.1) is 16.3 Å². The smallest absolute Gasteiger partial charge is 0.413 e. The lowest BCUT2D eigenvalue weighted by Crippen LogP contribution is -2.13. The van der Waals surface area contributed by atoms with Gasteiger partial charge in [0.25, 0.3) is 0 Å². The van der Waals surface area contributed by atoms with E-state index < -0.39 is 6.09 Å². The summed E-state index contributed by atoms with van der Waals surface area (Å²) in [7, 11) is 0. The second-order valence-electron chi connectivity index (χ2n) is 4.31. The van der Waals surface area contributed by atoms with Gasteiger partial charge in [-0.2, -0.15) is 0 Å². The number of benzene rings is 1. The summed E-state index contributed by atoms with van der Waals surface area (Å²) in [6.45, 7) is 3.64. The highest BCUT2D eigenvalue weighted by molar-refractivity contribution is 7.17. The fourth-order valence-electron chi connectivity index (χ4n) is 1.68. The maximum atomic E-state index is 11.7. The zero-order chi connectivity index (χ0) is 15.2. The van der Waals surface area contributed by atoms with Crippen molar-refractivity contribution in [3.63, 3.8) is 0 Å². The molecule has 0 radical (unpaired) electrons. The average Bonchev–Trinajstić information content (AvgIpc) is 2.86. The maximum absolute atomic E-state index is 11.7. The van der Waals surface area contributed by atoms with Gasteiger partial charge in [0.1, 0.15) is 6.61 Å². The van der Waals surface area contributed by atoms with Crippen LogP contribution in [0.25, 0.3) is 0 Å². The number of rotatable bonds is 4. The van der Waals surface area contributed by atoms with Crippen molar-refractivity contribution < 1.29 is 14.7 Å². The molecule has 0 bridgehead atoms. The highest BCUT2D eigenvalue weighted by Gasteiger charge is 2.13. The largest absolute Gasteiger partial charge is 0.444 e. The van der Waals surface area contributed by atoms with Crippen LogP contribution in [0.3, 0.4) is 0 Å². The molecule has 0 saturated heterocycles. The number of aromatic nitrogens is 1. The number of oxime groups is 1. The number of carbonyl (C=O) groups is 1. The molecule has 2 aromatic rings. The number of hydrogen-bond donors (Lipinski definition) is 2. The molecular weight excluding hydrogens is 290 g/mol. The van der Waals surface area contributed by atoms with Crippen molar-refractivity contribution in [3.05, 3.63) is 46.5 Å². The minimum atomic E-state index is -0.572. The van der Waals surface area contributed by atoms with Gasteiger partial charge in [-0.3, -0.25) is 5.32 Å². The van der Waals surface area contributed by atoms with Gasteiger partial charge in [0.15, 0.2) is 5.13 Å². The number of aryl methyl sites for hydroxylation is 1. The molecule has 7 heteroatoms. The monoisotopic (exact) mass is 305 g/mol. The predicted octanol–water partition coefficient (Wildman–Crippen LogP) is 3.40. The summed E-state index contributed by atoms with van der Waals surface area (Å²) in [5, 5.41) is 14.9. The topological polar surface area (TPSA) is 83.8 Å². The minimum Gasteiger partial charge on any atom is -0.444 e. The van der Waals surface area contributed by atoms with Crippen molar-refractivity contribution in [1.82, 2.24) is 4.98 Å². The fourth-order valence-corrected chi connectivity index (χ4v) is 2.57. The van der Waals surface area contributed by atoms with Crippen LogP contribution in [0.1, 0.15) is 23.1 Å². The molecular formula is C14H15N3O3S. The third kappa shape index (κ3) is 4.03. The van der Waals surface area contributed by atoms with Crippen LogP contribution in [0.15, 0.2) is 35.5 Å². The van der Waals surface area contributed by atoms with Crippen LogP contribution in [-0.4, -0.2) is 22.0 Å². The summed E-state index contributed by atoms with van der Waals surface area (Å²) in [4.78, 5) is 16.6. The van der Waals surface area contributed by atoms with Crippen molar-refractivity contribution in [2.24, 2.45) is 5.16 Å². The summed E-state index contributed by atoms with van der Waals surface area (Å²) in [6, 6.07) is 9.41. The summed E-state index contributed by atoms with van der Waals surface area (Å²) in [5.41, 5.74) is 2.05. The van der Waals surface area contributed by atoms with E-state index in [0.29, 0.717) is 16.5 Å². The predicted molar refractivity (Wildman–Crippen MR) is 81.1 cm³/mol. The first-order valence-corrected chi connectivity index (χ1v) is 7.06. The molecule has 0 spiro atoms. The third-order valence-electron chi connectivity index (χ3n) is 2.70. The van der Waals surface area contributed by atoms with E-state index in [1.165, 1.54) is 11.3 Å². The van der Waals surface area contributed by atoms with Gasteiger partial charge in [-0.05, 0) is 19.4 Å². The highest BCUT2D eigenvalue weighted by Crippen LogP contribution is 2.23. The number of ether oxygens (including phenoxy) is 1. The lowest BCUT2D eigenvalue weighted by molar-refractivity contribution is 0.155. The van der Waals surface area contributed by atoms with Gasteiger partial charge in [-0.1, -0.05) is 46.8 Å². The van der Waals surface area contributed by atoms with Crippen LogP contribution in [0.5, 0.6) is 0 Å². The third-order valence-corrected chi connectivity index (χ3v) is 3.88. The Labute approximate surface area is 126 Å². The number of nitrogens with one attached hydrogen (secondary N) is 1. The van der Waals surface area contributed by atoms with E-state index in [4.69, 9.17) is 9.94 Å². The zero-order valence-electron chi connectivity index (χ0n) is 11.7. The first kappa shape index (κ1) is 15.0. The van der Waals surface area contributed by atoms with E-state index in [-0.39, 0.29) is 6.61 Å². The van der Waals surface area contributed by atoms with Crippen molar-refractivity contribution in [2.45, 2.75) is 20.5 Å². The lowest BCUT2D eigenvalue weighted by Gasteiger charge is -2.04. The van der Waals surface area contributed by atoms with E-state index in [0.717, 1.165) is 10.4 Å². The number of hydrogen-bond acceptors (Lipinski definition) is 6. The molecule has 0 atom stereocenters. The molecule has 0 aliphatic rings. The summed E-state index contributed by atoms with van der Waals surface area (Å²) >= 11 is 1.23. The van der Waals surface area contributed by atoms with Crippen molar-refractivity contribution in [2.75, 3.05) is 5.32 Å². The van der Waals surface area contributed by atoms with Crippen molar-refractivity contribution in [3.8, 4) is 0 Å². The van der Waals surface area contributed by atoms with E-state index in [9.17, 15) is 4.79 Å². The molecule has 21 heavy (non-hydrogen) atoms. The number of carbonyl (C=O) groups excluding carboxylic acids is 1. The Bertz CT molecular complexity index is 653. The fraction of sp³-hybridized carbons (Fsp3) is 0.214.